The zero-order valence-corrected chi connectivity index (χ0v) is 18.0. The number of carbonyl (C=O) groups is 2. The number of furan rings is 2. The van der Waals surface area contributed by atoms with Crippen molar-refractivity contribution in [3.05, 3.63) is 77.3 Å². The number of hydrogen-bond acceptors (Lipinski definition) is 8. The lowest BCUT2D eigenvalue weighted by atomic mass is 10.00. The first-order chi connectivity index (χ1) is 15.5. The van der Waals surface area contributed by atoms with Crippen molar-refractivity contribution >= 4 is 38.4 Å². The summed E-state index contributed by atoms with van der Waals surface area (Å²) in [6.07, 6.45) is 1.44. The van der Waals surface area contributed by atoms with E-state index in [2.05, 4.69) is 4.98 Å². The molecule has 4 heterocycles. The van der Waals surface area contributed by atoms with E-state index in [0.29, 0.717) is 34.5 Å². The van der Waals surface area contributed by atoms with Crippen LogP contribution in [0, 0.1) is 6.92 Å². The van der Waals surface area contributed by atoms with Crippen LogP contribution in [0.3, 0.4) is 0 Å². The minimum atomic E-state index is -0.984. The summed E-state index contributed by atoms with van der Waals surface area (Å²) < 4.78 is 17.3. The minimum Gasteiger partial charge on any atom is -0.503 e. The molecule has 1 amide bonds. The van der Waals surface area contributed by atoms with E-state index in [1.165, 1.54) is 28.6 Å². The topological polar surface area (TPSA) is 106 Å². The van der Waals surface area contributed by atoms with Crippen molar-refractivity contribution in [3.63, 3.8) is 0 Å². The fraction of sp³-hybridized carbons (Fsp3) is 0.174. The third-order valence-electron chi connectivity index (χ3n) is 5.10. The minimum absolute atomic E-state index is 0.0286. The van der Waals surface area contributed by atoms with Crippen molar-refractivity contribution < 1.29 is 28.3 Å². The lowest BCUT2D eigenvalue weighted by Gasteiger charge is -2.21. The summed E-state index contributed by atoms with van der Waals surface area (Å²) in [7, 11) is 0. The molecule has 5 rings (SSSR count). The highest BCUT2D eigenvalue weighted by Crippen LogP contribution is 2.44. The van der Waals surface area contributed by atoms with Crippen LogP contribution in [0.2, 0.25) is 0 Å². The van der Waals surface area contributed by atoms with E-state index in [1.807, 2.05) is 13.0 Å². The van der Waals surface area contributed by atoms with Crippen LogP contribution in [0.4, 0.5) is 5.13 Å². The Kier molecular flexibility index (Phi) is 4.82. The van der Waals surface area contributed by atoms with Crippen molar-refractivity contribution in [3.8, 4) is 5.75 Å². The molecule has 0 spiro atoms. The molecule has 0 radical (unpaired) electrons. The third kappa shape index (κ3) is 3.18. The molecular formula is C23H18N2O6S. The molecule has 4 aromatic rings. The molecule has 162 valence electrons. The number of fused-ring (bicyclic) bond motifs is 1. The molecule has 0 aliphatic carbocycles. The number of benzene rings is 1. The van der Waals surface area contributed by atoms with Gasteiger partial charge in [0.05, 0.1) is 28.7 Å². The van der Waals surface area contributed by atoms with Gasteiger partial charge in [0.2, 0.25) is 5.78 Å². The standard InChI is InChI=1S/C23H18N2O6S/c1-3-29-13-7-8-14-17(11-13)32-23(24-14)25-19(15-5-4-10-30-15)18(21(27)22(25)28)20(26)16-9-6-12(2)31-16/h4-11,19,27H,3H2,1-2H3. The summed E-state index contributed by atoms with van der Waals surface area (Å²) in [4.78, 5) is 32.2. The van der Waals surface area contributed by atoms with Gasteiger partial charge in [-0.3, -0.25) is 14.5 Å². The molecule has 8 nitrogen and oxygen atoms in total. The van der Waals surface area contributed by atoms with Crippen LogP contribution in [0.5, 0.6) is 5.75 Å². The molecule has 1 N–H and O–H groups in total. The molecule has 1 atom stereocenters. The van der Waals surface area contributed by atoms with Crippen LogP contribution >= 0.6 is 11.3 Å². The number of nitrogens with zero attached hydrogens (tertiary/aromatic N) is 2. The Labute approximate surface area is 186 Å². The molecular weight excluding hydrogens is 432 g/mol. The van der Waals surface area contributed by atoms with E-state index in [0.717, 1.165) is 4.70 Å². The molecule has 0 saturated heterocycles. The summed E-state index contributed by atoms with van der Waals surface area (Å²) >= 11 is 1.25. The fourth-order valence-corrected chi connectivity index (χ4v) is 4.71. The number of rotatable bonds is 6. The highest BCUT2D eigenvalue weighted by molar-refractivity contribution is 7.22. The molecule has 1 aliphatic heterocycles. The molecule has 0 fully saturated rings. The highest BCUT2D eigenvalue weighted by atomic mass is 32.1. The van der Waals surface area contributed by atoms with Crippen molar-refractivity contribution in [1.82, 2.24) is 4.98 Å². The molecule has 1 aromatic carbocycles. The molecule has 9 heteroatoms. The number of ether oxygens (including phenoxy) is 1. The molecule has 32 heavy (non-hydrogen) atoms. The van der Waals surface area contributed by atoms with Crippen LogP contribution in [-0.2, 0) is 4.79 Å². The van der Waals surface area contributed by atoms with Gasteiger partial charge < -0.3 is 18.7 Å². The number of Topliss-reactive ketones (excluding diaryl/α,β-unsaturated/α-hetero) is 1. The largest absolute Gasteiger partial charge is 0.503 e. The predicted octanol–water partition coefficient (Wildman–Crippen LogP) is 4.97. The zero-order valence-electron chi connectivity index (χ0n) is 17.2. The Morgan fingerprint density at radius 2 is 2.12 bits per heavy atom. The van der Waals surface area contributed by atoms with Crippen molar-refractivity contribution in [2.24, 2.45) is 0 Å². The Morgan fingerprint density at radius 3 is 2.81 bits per heavy atom. The molecule has 1 unspecified atom stereocenters. The van der Waals surface area contributed by atoms with Crippen molar-refractivity contribution in [2.75, 3.05) is 11.5 Å². The van der Waals surface area contributed by atoms with Crippen LogP contribution < -0.4 is 9.64 Å². The summed E-state index contributed by atoms with van der Waals surface area (Å²) in [5.74, 6) is -0.394. The van der Waals surface area contributed by atoms with E-state index in [4.69, 9.17) is 13.6 Å². The van der Waals surface area contributed by atoms with Gasteiger partial charge in [0.25, 0.3) is 5.91 Å². The molecule has 0 bridgehead atoms. The van der Waals surface area contributed by atoms with E-state index in [9.17, 15) is 14.7 Å². The van der Waals surface area contributed by atoms with Crippen LogP contribution in [0.1, 0.15) is 35.0 Å². The van der Waals surface area contributed by atoms with Crippen LogP contribution in [0.15, 0.2) is 68.9 Å². The smallest absolute Gasteiger partial charge is 0.296 e. The average molecular weight is 450 g/mol. The van der Waals surface area contributed by atoms with Gasteiger partial charge in [-0.05, 0) is 56.3 Å². The number of ketones is 1. The van der Waals surface area contributed by atoms with Gasteiger partial charge in [-0.1, -0.05) is 11.3 Å². The number of amides is 1. The van der Waals surface area contributed by atoms with E-state index in [1.54, 1.807) is 37.3 Å². The lowest BCUT2D eigenvalue weighted by molar-refractivity contribution is -0.117. The predicted molar refractivity (Wildman–Crippen MR) is 117 cm³/mol. The van der Waals surface area contributed by atoms with Gasteiger partial charge in [0.15, 0.2) is 16.7 Å². The van der Waals surface area contributed by atoms with E-state index < -0.39 is 23.5 Å². The Bertz CT molecular complexity index is 1360. The Balaban J connectivity index is 1.62. The molecule has 1 aliphatic rings. The first-order valence-electron chi connectivity index (χ1n) is 9.92. The number of aliphatic hydroxyl groups is 1. The third-order valence-corrected chi connectivity index (χ3v) is 6.11. The number of anilines is 1. The highest BCUT2D eigenvalue weighted by Gasteiger charge is 2.47. The fourth-order valence-electron chi connectivity index (χ4n) is 3.69. The van der Waals surface area contributed by atoms with Gasteiger partial charge in [-0.15, -0.1) is 0 Å². The average Bonchev–Trinajstić information content (AvgIpc) is 3.55. The normalized spacial score (nSPS) is 16.4. The SMILES string of the molecule is CCOc1ccc2nc(N3C(=O)C(O)=C(C(=O)c4ccc(C)o4)C3c3ccco3)sc2c1. The van der Waals surface area contributed by atoms with E-state index >= 15 is 0 Å². The van der Waals surface area contributed by atoms with Gasteiger partial charge in [0.1, 0.15) is 23.3 Å². The lowest BCUT2D eigenvalue weighted by Crippen LogP contribution is -2.30. The number of aliphatic hydroxyl groups excluding tert-OH is 1. The zero-order chi connectivity index (χ0) is 22.4. The van der Waals surface area contributed by atoms with Gasteiger partial charge in [-0.2, -0.15) is 0 Å². The number of aryl methyl sites for hydroxylation is 1. The maximum Gasteiger partial charge on any atom is 0.296 e. The number of hydrogen-bond donors (Lipinski definition) is 1. The maximum atomic E-state index is 13.2. The second-order valence-corrected chi connectivity index (χ2v) is 8.16. The van der Waals surface area contributed by atoms with Gasteiger partial charge in [-0.25, -0.2) is 4.98 Å². The van der Waals surface area contributed by atoms with Crippen molar-refractivity contribution in [1.29, 1.82) is 0 Å². The number of aromatic nitrogens is 1. The van der Waals surface area contributed by atoms with Crippen LogP contribution in [0.25, 0.3) is 10.2 Å². The summed E-state index contributed by atoms with van der Waals surface area (Å²) in [6.45, 7) is 4.13. The first kappa shape index (κ1) is 20.1. The quantitative estimate of drug-likeness (QED) is 0.413. The monoisotopic (exact) mass is 450 g/mol. The second-order valence-electron chi connectivity index (χ2n) is 7.15. The van der Waals surface area contributed by atoms with Gasteiger partial charge in [0, 0.05) is 0 Å². The second kappa shape index (κ2) is 7.69. The van der Waals surface area contributed by atoms with Gasteiger partial charge >= 0.3 is 0 Å². The Hall–Kier alpha value is -3.85. The summed E-state index contributed by atoms with van der Waals surface area (Å²) in [5, 5.41) is 11.1. The number of carbonyl (C=O) groups excluding carboxylic acids is 2. The van der Waals surface area contributed by atoms with Crippen molar-refractivity contribution in [2.45, 2.75) is 19.9 Å². The Morgan fingerprint density at radius 1 is 1.28 bits per heavy atom. The number of thiazole rings is 1. The summed E-state index contributed by atoms with van der Waals surface area (Å²) in [5.41, 5.74) is 0.550. The maximum absolute atomic E-state index is 13.2. The molecule has 3 aromatic heterocycles. The summed E-state index contributed by atoms with van der Waals surface area (Å²) in [6, 6.07) is 10.9. The first-order valence-corrected chi connectivity index (χ1v) is 10.7. The van der Waals surface area contributed by atoms with Crippen LogP contribution in [-0.4, -0.2) is 28.4 Å². The van der Waals surface area contributed by atoms with E-state index in [-0.39, 0.29) is 11.3 Å². The molecule has 0 saturated carbocycles.